The van der Waals surface area contributed by atoms with Crippen LogP contribution in [0.5, 0.6) is 0 Å². The fraction of sp³-hybridized carbons (Fsp3) is 0.667. The van der Waals surface area contributed by atoms with Crippen molar-refractivity contribution in [2.45, 2.75) is 32.4 Å². The smallest absolute Gasteiger partial charge is 0.0953 e. The van der Waals surface area contributed by atoms with Crippen LogP contribution in [-0.2, 0) is 6.61 Å². The quantitative estimate of drug-likeness (QED) is 0.736. The van der Waals surface area contributed by atoms with Crippen molar-refractivity contribution < 1.29 is 5.11 Å². The first kappa shape index (κ1) is 7.80. The molecule has 12 heavy (non-hydrogen) atoms. The lowest BCUT2D eigenvalue weighted by molar-refractivity contribution is 0.277. The minimum absolute atomic E-state index is 0.0521. The van der Waals surface area contributed by atoms with Crippen molar-refractivity contribution in [3.8, 4) is 0 Å². The van der Waals surface area contributed by atoms with Gasteiger partial charge in [-0.2, -0.15) is 0 Å². The molecule has 3 nitrogen and oxygen atoms in total. The molecule has 2 unspecified atom stereocenters. The van der Waals surface area contributed by atoms with Gasteiger partial charge in [-0.1, -0.05) is 13.3 Å². The molecule has 0 spiro atoms. The molecule has 1 N–H and O–H groups in total. The normalized spacial score (nSPS) is 27.5. The molecule has 0 aliphatic heterocycles. The lowest BCUT2D eigenvalue weighted by Crippen LogP contribution is -1.91. The highest BCUT2D eigenvalue weighted by Gasteiger charge is 2.36. The van der Waals surface area contributed by atoms with Crippen molar-refractivity contribution in [1.82, 2.24) is 9.55 Å². The summed E-state index contributed by atoms with van der Waals surface area (Å²) in [6.07, 6.45) is 6.29. The summed E-state index contributed by atoms with van der Waals surface area (Å²) in [5.74, 6) is 0.839. The van der Waals surface area contributed by atoms with E-state index in [1.807, 2.05) is 12.5 Å². The molecular formula is C9H14N2O. The van der Waals surface area contributed by atoms with Crippen molar-refractivity contribution in [3.05, 3.63) is 18.2 Å². The Hall–Kier alpha value is -0.830. The van der Waals surface area contributed by atoms with Crippen LogP contribution in [0.4, 0.5) is 0 Å². The number of hydrogen-bond acceptors (Lipinski definition) is 2. The molecule has 2 atom stereocenters. The average molecular weight is 166 g/mol. The number of aliphatic hydroxyl groups excluding tert-OH is 1. The van der Waals surface area contributed by atoms with Crippen LogP contribution in [0.3, 0.4) is 0 Å². The van der Waals surface area contributed by atoms with E-state index < -0.39 is 0 Å². The molecule has 1 aromatic heterocycles. The summed E-state index contributed by atoms with van der Waals surface area (Å²) in [6, 6.07) is 0.655. The molecule has 66 valence electrons. The molecular weight excluding hydrogens is 152 g/mol. The zero-order chi connectivity index (χ0) is 8.55. The van der Waals surface area contributed by atoms with Crippen LogP contribution in [0.15, 0.2) is 12.5 Å². The predicted molar refractivity (Wildman–Crippen MR) is 45.6 cm³/mol. The van der Waals surface area contributed by atoms with Gasteiger partial charge in [0.25, 0.3) is 0 Å². The standard InChI is InChI=1S/C9H14N2O/c1-2-7-3-9(7)11-4-8(5-12)10-6-11/h4,6-7,9,12H,2-3,5H2,1H3. The Kier molecular flexibility index (Phi) is 1.89. The fourth-order valence-electron chi connectivity index (χ4n) is 1.68. The average Bonchev–Trinajstić information content (AvgIpc) is 2.75. The largest absolute Gasteiger partial charge is 0.390 e. The van der Waals surface area contributed by atoms with Crippen LogP contribution in [0.2, 0.25) is 0 Å². The van der Waals surface area contributed by atoms with Crippen molar-refractivity contribution >= 4 is 0 Å². The molecule has 1 saturated carbocycles. The summed E-state index contributed by atoms with van der Waals surface area (Å²) in [6.45, 7) is 2.27. The Labute approximate surface area is 72.0 Å². The molecule has 1 heterocycles. The van der Waals surface area contributed by atoms with Crippen molar-refractivity contribution in [1.29, 1.82) is 0 Å². The van der Waals surface area contributed by atoms with Gasteiger partial charge in [0.15, 0.2) is 0 Å². The molecule has 0 aromatic carbocycles. The maximum Gasteiger partial charge on any atom is 0.0953 e. The SMILES string of the molecule is CCC1CC1n1cnc(CO)c1. The maximum atomic E-state index is 8.80. The first-order valence-corrected chi connectivity index (χ1v) is 4.48. The summed E-state index contributed by atoms with van der Waals surface area (Å²) in [4.78, 5) is 4.08. The lowest BCUT2D eigenvalue weighted by Gasteiger charge is -1.97. The van der Waals surface area contributed by atoms with E-state index in [9.17, 15) is 0 Å². The van der Waals surface area contributed by atoms with E-state index >= 15 is 0 Å². The minimum atomic E-state index is 0.0521. The number of aromatic nitrogens is 2. The fourth-order valence-corrected chi connectivity index (χ4v) is 1.68. The Bertz CT molecular complexity index is 269. The Morgan fingerprint density at radius 1 is 1.75 bits per heavy atom. The van der Waals surface area contributed by atoms with E-state index in [1.54, 1.807) is 0 Å². The van der Waals surface area contributed by atoms with Gasteiger partial charge in [0.2, 0.25) is 0 Å². The first-order valence-electron chi connectivity index (χ1n) is 4.48. The Balaban J connectivity index is 2.05. The molecule has 2 rings (SSSR count). The summed E-state index contributed by atoms with van der Waals surface area (Å²) < 4.78 is 2.12. The number of hydrogen-bond donors (Lipinski definition) is 1. The monoisotopic (exact) mass is 166 g/mol. The molecule has 1 aliphatic rings. The Morgan fingerprint density at radius 2 is 2.58 bits per heavy atom. The highest BCUT2D eigenvalue weighted by atomic mass is 16.3. The summed E-state index contributed by atoms with van der Waals surface area (Å²) in [5.41, 5.74) is 0.775. The third kappa shape index (κ3) is 1.25. The van der Waals surface area contributed by atoms with E-state index in [2.05, 4.69) is 16.5 Å². The Morgan fingerprint density at radius 3 is 3.08 bits per heavy atom. The second-order valence-electron chi connectivity index (χ2n) is 3.44. The summed E-state index contributed by atoms with van der Waals surface area (Å²) in [7, 11) is 0. The molecule has 1 fully saturated rings. The van der Waals surface area contributed by atoms with Gasteiger partial charge in [0.1, 0.15) is 0 Å². The van der Waals surface area contributed by atoms with Crippen molar-refractivity contribution in [3.63, 3.8) is 0 Å². The van der Waals surface area contributed by atoms with Gasteiger partial charge in [-0.25, -0.2) is 4.98 Å². The molecule has 1 aromatic rings. The molecule has 0 radical (unpaired) electrons. The van der Waals surface area contributed by atoms with Crippen LogP contribution in [0, 0.1) is 5.92 Å². The highest BCUT2D eigenvalue weighted by molar-refractivity contribution is 5.01. The van der Waals surface area contributed by atoms with Gasteiger partial charge in [0, 0.05) is 12.2 Å². The zero-order valence-electron chi connectivity index (χ0n) is 7.27. The van der Waals surface area contributed by atoms with Crippen LogP contribution in [-0.4, -0.2) is 14.7 Å². The van der Waals surface area contributed by atoms with Crippen LogP contribution < -0.4 is 0 Å². The molecule has 1 aliphatic carbocycles. The van der Waals surface area contributed by atoms with E-state index in [1.165, 1.54) is 12.8 Å². The van der Waals surface area contributed by atoms with E-state index in [0.717, 1.165) is 11.6 Å². The number of imidazole rings is 1. The second kappa shape index (κ2) is 2.90. The number of rotatable bonds is 3. The molecule has 0 bridgehead atoms. The second-order valence-corrected chi connectivity index (χ2v) is 3.44. The van der Waals surface area contributed by atoms with E-state index in [0.29, 0.717) is 6.04 Å². The van der Waals surface area contributed by atoms with Crippen LogP contribution in [0.25, 0.3) is 0 Å². The van der Waals surface area contributed by atoms with Crippen molar-refractivity contribution in [2.75, 3.05) is 0 Å². The van der Waals surface area contributed by atoms with Crippen molar-refractivity contribution in [2.24, 2.45) is 5.92 Å². The van der Waals surface area contributed by atoms with Crippen LogP contribution in [0.1, 0.15) is 31.5 Å². The summed E-state index contributed by atoms with van der Waals surface area (Å²) in [5, 5.41) is 8.80. The predicted octanol–water partition coefficient (Wildman–Crippen LogP) is 1.35. The van der Waals surface area contributed by atoms with E-state index in [-0.39, 0.29) is 6.61 Å². The highest BCUT2D eigenvalue weighted by Crippen LogP contribution is 2.45. The van der Waals surface area contributed by atoms with Gasteiger partial charge in [-0.05, 0) is 12.3 Å². The topological polar surface area (TPSA) is 38.0 Å². The third-order valence-corrected chi connectivity index (χ3v) is 2.61. The first-order chi connectivity index (χ1) is 5.85. The summed E-state index contributed by atoms with van der Waals surface area (Å²) >= 11 is 0. The van der Waals surface area contributed by atoms with Crippen LogP contribution >= 0.6 is 0 Å². The number of nitrogens with zero attached hydrogens (tertiary/aromatic N) is 2. The molecule has 0 amide bonds. The minimum Gasteiger partial charge on any atom is -0.390 e. The molecule has 3 heteroatoms. The van der Waals surface area contributed by atoms with Gasteiger partial charge in [0.05, 0.1) is 18.6 Å². The van der Waals surface area contributed by atoms with Gasteiger partial charge in [-0.15, -0.1) is 0 Å². The third-order valence-electron chi connectivity index (χ3n) is 2.61. The van der Waals surface area contributed by atoms with Gasteiger partial charge < -0.3 is 9.67 Å². The lowest BCUT2D eigenvalue weighted by atomic mass is 10.3. The maximum absolute atomic E-state index is 8.80. The zero-order valence-corrected chi connectivity index (χ0v) is 7.27. The van der Waals surface area contributed by atoms with E-state index in [4.69, 9.17) is 5.11 Å². The molecule has 0 saturated heterocycles. The van der Waals surface area contributed by atoms with Gasteiger partial charge in [-0.3, -0.25) is 0 Å². The number of aliphatic hydroxyl groups is 1. The van der Waals surface area contributed by atoms with Gasteiger partial charge >= 0.3 is 0 Å².